The Morgan fingerprint density at radius 3 is 2.58 bits per heavy atom. The molecule has 0 amide bonds. The molecule has 1 unspecified atom stereocenters. The van der Waals surface area contributed by atoms with Gasteiger partial charge < -0.3 is 24.3 Å². The zero-order valence-electron chi connectivity index (χ0n) is 11.0. The van der Waals surface area contributed by atoms with Crippen molar-refractivity contribution < 1.29 is 28.5 Å². The van der Waals surface area contributed by atoms with E-state index in [-0.39, 0.29) is 11.5 Å². The average molecular weight is 271 g/mol. The second-order valence-corrected chi connectivity index (χ2v) is 4.33. The van der Waals surface area contributed by atoms with Crippen LogP contribution in [0.5, 0.6) is 0 Å². The van der Waals surface area contributed by atoms with E-state index in [1.807, 2.05) is 0 Å². The first-order valence-corrected chi connectivity index (χ1v) is 6.14. The first-order chi connectivity index (χ1) is 9.12. The van der Waals surface area contributed by atoms with E-state index in [2.05, 4.69) is 14.8 Å². The smallest absolute Gasteiger partial charge is 0.376 e. The Balaban J connectivity index is 2.25. The molecule has 1 N–H and O–H groups in total. The van der Waals surface area contributed by atoms with Gasteiger partial charge in [-0.15, -0.1) is 0 Å². The molecule has 2 aliphatic rings. The van der Waals surface area contributed by atoms with Crippen LogP contribution in [0.2, 0.25) is 0 Å². The molecule has 7 nitrogen and oxygen atoms in total. The van der Waals surface area contributed by atoms with Crippen molar-refractivity contribution in [1.29, 1.82) is 0 Å². The van der Waals surface area contributed by atoms with Gasteiger partial charge in [0.2, 0.25) is 5.76 Å². The van der Waals surface area contributed by atoms with Crippen molar-refractivity contribution in [3.8, 4) is 0 Å². The van der Waals surface area contributed by atoms with Crippen LogP contribution in [0.1, 0.15) is 25.7 Å². The summed E-state index contributed by atoms with van der Waals surface area (Å²) in [5.41, 5.74) is -0.0590. The number of hydrogen-bond acceptors (Lipinski definition) is 7. The Morgan fingerprint density at radius 2 is 1.89 bits per heavy atom. The quantitative estimate of drug-likeness (QED) is 0.728. The fraction of sp³-hybridized carbons (Fsp3) is 0.667. The summed E-state index contributed by atoms with van der Waals surface area (Å²) >= 11 is 0. The van der Waals surface area contributed by atoms with Gasteiger partial charge in [-0.25, -0.2) is 9.59 Å². The largest absolute Gasteiger partial charge is 0.464 e. The van der Waals surface area contributed by atoms with Gasteiger partial charge in [-0.3, -0.25) is 0 Å². The van der Waals surface area contributed by atoms with Gasteiger partial charge >= 0.3 is 11.9 Å². The summed E-state index contributed by atoms with van der Waals surface area (Å²) in [5, 5.41) is 2.82. The van der Waals surface area contributed by atoms with E-state index >= 15 is 0 Å². The van der Waals surface area contributed by atoms with Gasteiger partial charge in [0.25, 0.3) is 5.91 Å². The van der Waals surface area contributed by atoms with Crippen molar-refractivity contribution in [3.05, 3.63) is 11.5 Å². The molecule has 0 aromatic carbocycles. The highest BCUT2D eigenvalue weighted by molar-refractivity contribution is 5.99. The van der Waals surface area contributed by atoms with Crippen molar-refractivity contribution in [1.82, 2.24) is 5.32 Å². The molecule has 1 fully saturated rings. The van der Waals surface area contributed by atoms with Gasteiger partial charge in [-0.05, 0) is 12.8 Å². The van der Waals surface area contributed by atoms with Crippen LogP contribution in [0.25, 0.3) is 0 Å². The summed E-state index contributed by atoms with van der Waals surface area (Å²) in [4.78, 5) is 23.3. The molecule has 1 atom stereocenters. The SMILES string of the molecule is COC(=O)C1=C(C(=O)OC)OC2(CCCCCO2)N1. The van der Waals surface area contributed by atoms with Gasteiger partial charge in [0.15, 0.2) is 5.70 Å². The first-order valence-electron chi connectivity index (χ1n) is 6.14. The van der Waals surface area contributed by atoms with Gasteiger partial charge in [0.1, 0.15) is 0 Å². The molecule has 0 radical (unpaired) electrons. The predicted octanol–water partition coefficient (Wildman–Crippen LogP) is 0.408. The lowest BCUT2D eigenvalue weighted by Gasteiger charge is -2.27. The van der Waals surface area contributed by atoms with Crippen LogP contribution in [-0.2, 0) is 28.5 Å². The normalized spacial score (nSPS) is 26.4. The highest BCUT2D eigenvalue weighted by Crippen LogP contribution is 2.33. The maximum Gasteiger partial charge on any atom is 0.376 e. The monoisotopic (exact) mass is 271 g/mol. The molecule has 2 aliphatic heterocycles. The highest BCUT2D eigenvalue weighted by Gasteiger charge is 2.47. The molecule has 0 saturated carbocycles. The van der Waals surface area contributed by atoms with Gasteiger partial charge in [0, 0.05) is 6.42 Å². The molecule has 1 spiro atoms. The van der Waals surface area contributed by atoms with Crippen molar-refractivity contribution in [2.75, 3.05) is 20.8 Å². The number of rotatable bonds is 2. The maximum absolute atomic E-state index is 11.7. The molecule has 0 aromatic heterocycles. The Morgan fingerprint density at radius 1 is 1.16 bits per heavy atom. The highest BCUT2D eigenvalue weighted by atomic mass is 16.7. The number of ether oxygens (including phenoxy) is 4. The summed E-state index contributed by atoms with van der Waals surface area (Å²) in [7, 11) is 2.44. The minimum atomic E-state index is -1.16. The molecule has 1 saturated heterocycles. The summed E-state index contributed by atoms with van der Waals surface area (Å²) in [6.45, 7) is 0.496. The third-order valence-electron chi connectivity index (χ3n) is 3.06. The fourth-order valence-corrected chi connectivity index (χ4v) is 2.10. The number of hydrogen-bond donors (Lipinski definition) is 1. The fourth-order valence-electron chi connectivity index (χ4n) is 2.10. The van der Waals surface area contributed by atoms with Crippen molar-refractivity contribution >= 4 is 11.9 Å². The van der Waals surface area contributed by atoms with Crippen molar-refractivity contribution in [3.63, 3.8) is 0 Å². The predicted molar refractivity (Wildman–Crippen MR) is 62.4 cm³/mol. The summed E-state index contributed by atoms with van der Waals surface area (Å²) < 4.78 is 20.4. The van der Waals surface area contributed by atoms with Crippen molar-refractivity contribution in [2.45, 2.75) is 31.6 Å². The Bertz CT molecular complexity index is 378. The molecule has 2 rings (SSSR count). The van der Waals surface area contributed by atoms with E-state index in [0.29, 0.717) is 13.0 Å². The van der Waals surface area contributed by atoms with Crippen molar-refractivity contribution in [2.24, 2.45) is 0 Å². The van der Waals surface area contributed by atoms with E-state index in [0.717, 1.165) is 19.3 Å². The van der Waals surface area contributed by atoms with Crippen LogP contribution >= 0.6 is 0 Å². The van der Waals surface area contributed by atoms with E-state index in [4.69, 9.17) is 9.47 Å². The lowest BCUT2D eigenvalue weighted by Crippen LogP contribution is -2.45. The number of carbonyl (C=O) groups is 2. The second-order valence-electron chi connectivity index (χ2n) is 4.33. The molecule has 7 heteroatoms. The average Bonchev–Trinajstić information content (AvgIpc) is 2.65. The topological polar surface area (TPSA) is 83.1 Å². The Kier molecular flexibility index (Phi) is 3.94. The van der Waals surface area contributed by atoms with Crippen LogP contribution in [0.3, 0.4) is 0 Å². The molecule has 0 aromatic rings. The molecule has 0 aliphatic carbocycles. The maximum atomic E-state index is 11.7. The zero-order valence-corrected chi connectivity index (χ0v) is 11.0. The molecule has 106 valence electrons. The lowest BCUT2D eigenvalue weighted by atomic mass is 10.2. The van der Waals surface area contributed by atoms with E-state index in [1.54, 1.807) is 0 Å². The first kappa shape index (κ1) is 13.7. The second kappa shape index (κ2) is 5.48. The zero-order chi connectivity index (χ0) is 13.9. The minimum absolute atomic E-state index is 0.0590. The molecule has 2 heterocycles. The summed E-state index contributed by atoms with van der Waals surface area (Å²) in [6.07, 6.45) is 3.33. The van der Waals surface area contributed by atoms with Crippen LogP contribution in [0.15, 0.2) is 11.5 Å². The molecular weight excluding hydrogens is 254 g/mol. The van der Waals surface area contributed by atoms with Crippen LogP contribution < -0.4 is 5.32 Å². The molecular formula is C12H17NO6. The number of esters is 2. The third kappa shape index (κ3) is 2.65. The summed E-state index contributed by atoms with van der Waals surface area (Å²) in [6, 6.07) is 0. The molecule has 0 bridgehead atoms. The Hall–Kier alpha value is -1.76. The third-order valence-corrected chi connectivity index (χ3v) is 3.06. The standard InChI is InChI=1S/C12H17NO6/c1-16-10(14)8-9(11(15)17-2)19-12(13-8)6-4-3-5-7-18-12/h13H,3-7H2,1-2H3. The van der Waals surface area contributed by atoms with E-state index in [1.165, 1.54) is 14.2 Å². The lowest BCUT2D eigenvalue weighted by molar-refractivity contribution is -0.219. The van der Waals surface area contributed by atoms with E-state index < -0.39 is 17.8 Å². The number of nitrogens with one attached hydrogen (secondary N) is 1. The molecule has 19 heavy (non-hydrogen) atoms. The van der Waals surface area contributed by atoms with Crippen LogP contribution in [-0.4, -0.2) is 38.7 Å². The van der Waals surface area contributed by atoms with Gasteiger partial charge in [-0.1, -0.05) is 6.42 Å². The number of methoxy groups -OCH3 is 2. The van der Waals surface area contributed by atoms with Gasteiger partial charge in [0.05, 0.1) is 20.8 Å². The van der Waals surface area contributed by atoms with Crippen LogP contribution in [0.4, 0.5) is 0 Å². The number of carbonyl (C=O) groups excluding carboxylic acids is 2. The van der Waals surface area contributed by atoms with E-state index in [9.17, 15) is 9.59 Å². The van der Waals surface area contributed by atoms with Crippen LogP contribution in [0, 0.1) is 0 Å². The van der Waals surface area contributed by atoms with Gasteiger partial charge in [-0.2, -0.15) is 0 Å². The minimum Gasteiger partial charge on any atom is -0.464 e. The Labute approximate surface area is 110 Å². The summed E-state index contributed by atoms with van der Waals surface area (Å²) in [5.74, 6) is -2.79.